The van der Waals surface area contributed by atoms with E-state index in [0.29, 0.717) is 21.4 Å². The maximum atomic E-state index is 11.7. The number of nitrogens with zero attached hydrogens (tertiary/aromatic N) is 1. The van der Waals surface area contributed by atoms with Crippen LogP contribution in [-0.2, 0) is 6.61 Å². The Morgan fingerprint density at radius 2 is 1.90 bits per heavy atom. The number of carbonyl (C=O) groups is 1. The van der Waals surface area contributed by atoms with Gasteiger partial charge in [-0.2, -0.15) is 0 Å². The number of halogens is 2. The Kier molecular flexibility index (Phi) is 4.86. The molecule has 1 unspecified atom stereocenters. The normalized spacial score (nSPS) is 14.9. The number of aromatic nitrogens is 1. The maximum absolute atomic E-state index is 11.7. The SMILES string of the molecule is O=C(O)c1c(O)c(=O)ccn1NC1c2ccccc2OCc2c1ccc(Cl)c2Cl. The fourth-order valence-electron chi connectivity index (χ4n) is 3.31. The van der Waals surface area contributed by atoms with Crippen LogP contribution in [0.15, 0.2) is 53.5 Å². The first-order valence-corrected chi connectivity index (χ1v) is 9.27. The van der Waals surface area contributed by atoms with Gasteiger partial charge in [-0.3, -0.25) is 9.47 Å². The van der Waals surface area contributed by atoms with Gasteiger partial charge in [0, 0.05) is 23.4 Å². The van der Waals surface area contributed by atoms with Crippen LogP contribution in [0, 0.1) is 0 Å². The molecular formula is C20H14Cl2N2O5. The number of hydrogen-bond donors (Lipinski definition) is 3. The third-order valence-electron chi connectivity index (χ3n) is 4.69. The van der Waals surface area contributed by atoms with Gasteiger partial charge in [0.25, 0.3) is 0 Å². The van der Waals surface area contributed by atoms with E-state index in [0.717, 1.165) is 21.9 Å². The summed E-state index contributed by atoms with van der Waals surface area (Å²) < 4.78 is 6.99. The Morgan fingerprint density at radius 3 is 2.66 bits per heavy atom. The lowest BCUT2D eigenvalue weighted by Crippen LogP contribution is -2.28. The van der Waals surface area contributed by atoms with Crippen molar-refractivity contribution in [2.75, 3.05) is 5.43 Å². The van der Waals surface area contributed by atoms with Gasteiger partial charge in [0.05, 0.1) is 16.1 Å². The van der Waals surface area contributed by atoms with Crippen LogP contribution >= 0.6 is 23.2 Å². The molecule has 7 nitrogen and oxygen atoms in total. The molecule has 0 amide bonds. The van der Waals surface area contributed by atoms with E-state index in [1.807, 2.05) is 18.2 Å². The minimum atomic E-state index is -1.46. The van der Waals surface area contributed by atoms with Crippen LogP contribution < -0.4 is 15.6 Å². The Balaban J connectivity index is 1.93. The number of carboxylic acid groups (broad SMARTS) is 1. The summed E-state index contributed by atoms with van der Waals surface area (Å²) in [6, 6.07) is 11.1. The molecule has 0 aliphatic carbocycles. The van der Waals surface area contributed by atoms with E-state index in [1.165, 1.54) is 6.20 Å². The number of pyridine rings is 1. The first-order chi connectivity index (χ1) is 13.9. The second-order valence-corrected chi connectivity index (χ2v) is 7.16. The number of fused-ring (bicyclic) bond motifs is 2. The van der Waals surface area contributed by atoms with E-state index < -0.39 is 28.9 Å². The van der Waals surface area contributed by atoms with Crippen molar-refractivity contribution in [3.05, 3.63) is 91.3 Å². The van der Waals surface area contributed by atoms with Crippen LogP contribution in [0.2, 0.25) is 10.0 Å². The number of ether oxygens (including phenoxy) is 1. The second kappa shape index (κ2) is 7.35. The van der Waals surface area contributed by atoms with E-state index in [2.05, 4.69) is 5.43 Å². The van der Waals surface area contributed by atoms with E-state index in [9.17, 15) is 19.8 Å². The number of hydrogen-bond acceptors (Lipinski definition) is 5. The van der Waals surface area contributed by atoms with Crippen molar-refractivity contribution in [2.24, 2.45) is 0 Å². The molecule has 1 aliphatic rings. The molecule has 0 saturated carbocycles. The summed E-state index contributed by atoms with van der Waals surface area (Å²) in [6.45, 7) is 0.172. The van der Waals surface area contributed by atoms with Crippen LogP contribution in [0.5, 0.6) is 11.5 Å². The molecule has 0 fully saturated rings. The zero-order valence-corrected chi connectivity index (χ0v) is 16.2. The molecule has 2 aromatic carbocycles. The molecule has 3 N–H and O–H groups in total. The molecule has 1 aromatic heterocycles. The van der Waals surface area contributed by atoms with Crippen LogP contribution in [0.4, 0.5) is 0 Å². The summed E-state index contributed by atoms with van der Waals surface area (Å²) in [5.74, 6) is -1.74. The first-order valence-electron chi connectivity index (χ1n) is 8.51. The zero-order valence-electron chi connectivity index (χ0n) is 14.7. The highest BCUT2D eigenvalue weighted by atomic mass is 35.5. The predicted octanol–water partition coefficient (Wildman–Crippen LogP) is 3.78. The summed E-state index contributed by atoms with van der Waals surface area (Å²) in [6.07, 6.45) is 1.25. The summed E-state index contributed by atoms with van der Waals surface area (Å²) in [5.41, 5.74) is 3.77. The Labute approximate surface area is 174 Å². The van der Waals surface area contributed by atoms with Crippen molar-refractivity contribution in [3.8, 4) is 11.5 Å². The van der Waals surface area contributed by atoms with Crippen LogP contribution in [0.3, 0.4) is 0 Å². The lowest BCUT2D eigenvalue weighted by molar-refractivity contribution is 0.0681. The average molecular weight is 433 g/mol. The van der Waals surface area contributed by atoms with Gasteiger partial charge < -0.3 is 20.4 Å². The minimum Gasteiger partial charge on any atom is -0.502 e. The van der Waals surface area contributed by atoms with Gasteiger partial charge in [-0.05, 0) is 17.7 Å². The third-order valence-corrected chi connectivity index (χ3v) is 5.53. The monoisotopic (exact) mass is 432 g/mol. The molecule has 148 valence electrons. The lowest BCUT2D eigenvalue weighted by Gasteiger charge is -2.25. The third kappa shape index (κ3) is 3.28. The number of rotatable bonds is 3. The number of aromatic carboxylic acids is 1. The van der Waals surface area contributed by atoms with Crippen molar-refractivity contribution in [3.63, 3.8) is 0 Å². The fourth-order valence-corrected chi connectivity index (χ4v) is 3.71. The molecule has 3 aromatic rings. The molecule has 29 heavy (non-hydrogen) atoms. The summed E-state index contributed by atoms with van der Waals surface area (Å²) in [5, 5.41) is 20.2. The van der Waals surface area contributed by atoms with Gasteiger partial charge in [0.2, 0.25) is 5.43 Å². The van der Waals surface area contributed by atoms with E-state index >= 15 is 0 Å². The largest absolute Gasteiger partial charge is 0.502 e. The molecule has 0 radical (unpaired) electrons. The molecule has 9 heteroatoms. The average Bonchev–Trinajstić information content (AvgIpc) is 2.85. The maximum Gasteiger partial charge on any atom is 0.358 e. The van der Waals surface area contributed by atoms with Crippen molar-refractivity contribution >= 4 is 29.2 Å². The van der Waals surface area contributed by atoms with E-state index in [1.54, 1.807) is 18.2 Å². The lowest BCUT2D eigenvalue weighted by atomic mass is 9.95. The van der Waals surface area contributed by atoms with Crippen molar-refractivity contribution in [1.82, 2.24) is 4.68 Å². The second-order valence-electron chi connectivity index (χ2n) is 6.37. The number of benzene rings is 2. The summed E-state index contributed by atoms with van der Waals surface area (Å²) in [7, 11) is 0. The molecule has 1 atom stereocenters. The first kappa shape index (κ1) is 19.2. The standard InChI is InChI=1S/C20H14Cl2N2O5/c21-13-6-5-10-12(16(13)22)9-29-15-4-2-1-3-11(15)17(10)23-24-8-7-14(25)19(26)18(24)20(27)28/h1-8,17,23,26H,9H2,(H,27,28). The quantitative estimate of drug-likeness (QED) is 0.581. The Morgan fingerprint density at radius 1 is 1.14 bits per heavy atom. The highest BCUT2D eigenvalue weighted by Gasteiger charge is 2.28. The van der Waals surface area contributed by atoms with Crippen molar-refractivity contribution in [1.29, 1.82) is 0 Å². The van der Waals surface area contributed by atoms with Gasteiger partial charge in [0.15, 0.2) is 11.4 Å². The van der Waals surface area contributed by atoms with Crippen molar-refractivity contribution in [2.45, 2.75) is 12.6 Å². The molecular weight excluding hydrogens is 419 g/mol. The molecule has 2 heterocycles. The number of aromatic hydroxyl groups is 1. The summed E-state index contributed by atoms with van der Waals surface area (Å²) in [4.78, 5) is 23.4. The Bertz CT molecular complexity index is 1190. The highest BCUT2D eigenvalue weighted by molar-refractivity contribution is 6.42. The number of nitrogens with one attached hydrogen (secondary N) is 1. The predicted molar refractivity (Wildman–Crippen MR) is 108 cm³/mol. The minimum absolute atomic E-state index is 0.172. The topological polar surface area (TPSA) is 101 Å². The van der Waals surface area contributed by atoms with Gasteiger partial charge in [-0.25, -0.2) is 4.79 Å². The Hall–Kier alpha value is -3.16. The van der Waals surface area contributed by atoms with Crippen LogP contribution in [-0.4, -0.2) is 20.9 Å². The summed E-state index contributed by atoms with van der Waals surface area (Å²) >= 11 is 12.6. The van der Waals surface area contributed by atoms with Crippen LogP contribution in [0.1, 0.15) is 33.2 Å². The van der Waals surface area contributed by atoms with E-state index in [-0.39, 0.29) is 6.61 Å². The molecule has 4 rings (SSSR count). The smallest absolute Gasteiger partial charge is 0.358 e. The van der Waals surface area contributed by atoms with Gasteiger partial charge in [-0.1, -0.05) is 47.5 Å². The van der Waals surface area contributed by atoms with E-state index in [4.69, 9.17) is 27.9 Å². The molecule has 0 spiro atoms. The molecule has 1 aliphatic heterocycles. The number of para-hydroxylation sites is 1. The molecule has 0 saturated heterocycles. The molecule has 0 bridgehead atoms. The number of carboxylic acids is 1. The zero-order chi connectivity index (χ0) is 20.7. The highest BCUT2D eigenvalue weighted by Crippen LogP contribution is 2.40. The van der Waals surface area contributed by atoms with Crippen LogP contribution in [0.25, 0.3) is 0 Å². The van der Waals surface area contributed by atoms with Crippen molar-refractivity contribution < 1.29 is 19.7 Å². The van der Waals surface area contributed by atoms with Gasteiger partial charge in [0.1, 0.15) is 12.4 Å². The van der Waals surface area contributed by atoms with Gasteiger partial charge >= 0.3 is 5.97 Å². The van der Waals surface area contributed by atoms with Gasteiger partial charge in [-0.15, -0.1) is 0 Å². The fraction of sp³-hybridized carbons (Fsp3) is 0.100.